The van der Waals surface area contributed by atoms with E-state index in [1.54, 1.807) is 0 Å². The first-order chi connectivity index (χ1) is 9.19. The van der Waals surface area contributed by atoms with E-state index in [1.165, 1.54) is 5.56 Å². The summed E-state index contributed by atoms with van der Waals surface area (Å²) in [6.45, 7) is 2.32. The number of rotatable bonds is 4. The van der Waals surface area contributed by atoms with Crippen molar-refractivity contribution in [2.24, 2.45) is 11.7 Å². The zero-order valence-electron chi connectivity index (χ0n) is 11.5. The molecule has 0 bridgehead atoms. The summed E-state index contributed by atoms with van der Waals surface area (Å²) in [4.78, 5) is 2.31. The molecule has 0 saturated heterocycles. The van der Waals surface area contributed by atoms with Gasteiger partial charge in [0, 0.05) is 18.7 Å². The molecule has 1 aromatic carbocycles. The highest BCUT2D eigenvalue weighted by Crippen LogP contribution is 2.28. The minimum Gasteiger partial charge on any atom is -0.393 e. The molecule has 3 heteroatoms. The maximum atomic E-state index is 9.31. The normalized spacial score (nSPS) is 21.7. The Morgan fingerprint density at radius 1 is 1.37 bits per heavy atom. The number of aliphatic hydroxyl groups excluding tert-OH is 1. The van der Waals surface area contributed by atoms with Gasteiger partial charge in [-0.15, -0.1) is 0 Å². The highest BCUT2D eigenvalue weighted by Gasteiger charge is 2.27. The molecule has 0 aromatic heterocycles. The Morgan fingerprint density at radius 3 is 2.79 bits per heavy atom. The molecule has 3 nitrogen and oxygen atoms in total. The Balaban J connectivity index is 1.94. The maximum Gasteiger partial charge on any atom is 0.0555 e. The summed E-state index contributed by atoms with van der Waals surface area (Å²) in [5.41, 5.74) is 7.73. The molecular weight excluding hydrogens is 236 g/mol. The van der Waals surface area contributed by atoms with E-state index in [2.05, 4.69) is 29.9 Å². The van der Waals surface area contributed by atoms with Crippen molar-refractivity contribution in [1.82, 2.24) is 4.90 Å². The van der Waals surface area contributed by atoms with Crippen molar-refractivity contribution in [2.75, 3.05) is 20.1 Å². The molecular formula is C16H22N2O. The summed E-state index contributed by atoms with van der Waals surface area (Å²) in [7, 11) is 2.12. The number of benzene rings is 1. The largest absolute Gasteiger partial charge is 0.393 e. The van der Waals surface area contributed by atoms with Gasteiger partial charge in [-0.1, -0.05) is 30.0 Å². The van der Waals surface area contributed by atoms with Crippen molar-refractivity contribution in [3.05, 3.63) is 35.4 Å². The van der Waals surface area contributed by atoms with E-state index in [0.717, 1.165) is 31.5 Å². The summed E-state index contributed by atoms with van der Waals surface area (Å²) in [6.07, 6.45) is 1.82. The van der Waals surface area contributed by atoms with Gasteiger partial charge in [-0.25, -0.2) is 0 Å². The zero-order chi connectivity index (χ0) is 13.7. The van der Waals surface area contributed by atoms with Gasteiger partial charge in [0.2, 0.25) is 0 Å². The molecule has 3 N–H and O–H groups in total. The van der Waals surface area contributed by atoms with Crippen LogP contribution in [0.3, 0.4) is 0 Å². The van der Waals surface area contributed by atoms with Gasteiger partial charge in [0.25, 0.3) is 0 Å². The van der Waals surface area contributed by atoms with Crippen molar-refractivity contribution in [3.8, 4) is 11.8 Å². The Hall–Kier alpha value is -1.34. The molecule has 0 spiro atoms. The van der Waals surface area contributed by atoms with E-state index < -0.39 is 0 Å². The van der Waals surface area contributed by atoms with Gasteiger partial charge in [-0.05, 0) is 37.4 Å². The topological polar surface area (TPSA) is 49.5 Å². The number of aliphatic hydroxyl groups is 1. The maximum absolute atomic E-state index is 9.31. The molecule has 2 rings (SSSR count). The van der Waals surface area contributed by atoms with Gasteiger partial charge < -0.3 is 15.7 Å². The van der Waals surface area contributed by atoms with Crippen LogP contribution in [0.25, 0.3) is 0 Å². The van der Waals surface area contributed by atoms with Crippen LogP contribution in [0.1, 0.15) is 24.0 Å². The predicted molar refractivity (Wildman–Crippen MR) is 77.4 cm³/mol. The first kappa shape index (κ1) is 14.1. The fourth-order valence-corrected chi connectivity index (χ4v) is 2.57. The minimum atomic E-state index is -0.0684. The van der Waals surface area contributed by atoms with E-state index in [-0.39, 0.29) is 6.10 Å². The molecule has 19 heavy (non-hydrogen) atoms. The molecule has 1 fully saturated rings. The van der Waals surface area contributed by atoms with Crippen LogP contribution in [0.15, 0.2) is 24.3 Å². The highest BCUT2D eigenvalue weighted by atomic mass is 16.3. The average Bonchev–Trinajstić information content (AvgIpc) is 2.36. The zero-order valence-corrected chi connectivity index (χ0v) is 11.5. The van der Waals surface area contributed by atoms with Crippen LogP contribution >= 0.6 is 0 Å². The number of hydrogen-bond donors (Lipinski definition) is 2. The summed E-state index contributed by atoms with van der Waals surface area (Å²) in [5, 5.41) is 9.31. The Labute approximate surface area is 115 Å². The first-order valence-corrected chi connectivity index (χ1v) is 6.82. The van der Waals surface area contributed by atoms with Crippen LogP contribution in [-0.2, 0) is 6.54 Å². The molecule has 0 radical (unpaired) electrons. The quantitative estimate of drug-likeness (QED) is 0.798. The molecule has 0 atom stereocenters. The molecule has 0 amide bonds. The third-order valence-corrected chi connectivity index (χ3v) is 3.56. The standard InChI is InChI=1S/C16H22N2O/c1-18(11-13-9-16(19)10-13)12-15-6-3-2-5-14(15)7-4-8-17/h2-3,5-6,13,16,19H,8-12,17H2,1H3. The van der Waals surface area contributed by atoms with Crippen LogP contribution in [-0.4, -0.2) is 36.2 Å². The lowest BCUT2D eigenvalue weighted by atomic mass is 9.82. The van der Waals surface area contributed by atoms with E-state index >= 15 is 0 Å². The number of nitrogens with two attached hydrogens (primary N) is 1. The smallest absolute Gasteiger partial charge is 0.0555 e. The summed E-state index contributed by atoms with van der Waals surface area (Å²) < 4.78 is 0. The molecule has 0 aliphatic heterocycles. The van der Waals surface area contributed by atoms with Gasteiger partial charge in [0.05, 0.1) is 12.6 Å². The van der Waals surface area contributed by atoms with E-state index in [9.17, 15) is 5.11 Å². The van der Waals surface area contributed by atoms with Crippen LogP contribution in [0.4, 0.5) is 0 Å². The molecule has 1 aliphatic carbocycles. The molecule has 1 saturated carbocycles. The molecule has 1 aromatic rings. The lowest BCUT2D eigenvalue weighted by Crippen LogP contribution is -2.36. The van der Waals surface area contributed by atoms with Crippen LogP contribution in [0.2, 0.25) is 0 Å². The highest BCUT2D eigenvalue weighted by molar-refractivity contribution is 5.41. The van der Waals surface area contributed by atoms with Crippen molar-refractivity contribution in [2.45, 2.75) is 25.5 Å². The van der Waals surface area contributed by atoms with Crippen molar-refractivity contribution < 1.29 is 5.11 Å². The van der Waals surface area contributed by atoms with Crippen molar-refractivity contribution in [1.29, 1.82) is 0 Å². The fourth-order valence-electron chi connectivity index (χ4n) is 2.57. The van der Waals surface area contributed by atoms with Gasteiger partial charge in [0.15, 0.2) is 0 Å². The lowest BCUT2D eigenvalue weighted by molar-refractivity contribution is 0.0274. The molecule has 102 valence electrons. The Morgan fingerprint density at radius 2 is 2.11 bits per heavy atom. The Bertz CT molecular complexity index is 469. The molecule has 0 unspecified atom stereocenters. The van der Waals surface area contributed by atoms with Gasteiger partial charge in [-0.3, -0.25) is 0 Å². The van der Waals surface area contributed by atoms with Gasteiger partial charge >= 0.3 is 0 Å². The third kappa shape index (κ3) is 4.07. The second-order valence-electron chi connectivity index (χ2n) is 5.35. The molecule has 0 heterocycles. The fraction of sp³-hybridized carbons (Fsp3) is 0.500. The van der Waals surface area contributed by atoms with Crippen molar-refractivity contribution in [3.63, 3.8) is 0 Å². The number of nitrogens with zero attached hydrogens (tertiary/aromatic N) is 1. The average molecular weight is 258 g/mol. The van der Waals surface area contributed by atoms with Crippen LogP contribution in [0.5, 0.6) is 0 Å². The Kier molecular flexibility index (Phi) is 4.98. The first-order valence-electron chi connectivity index (χ1n) is 6.82. The monoisotopic (exact) mass is 258 g/mol. The SMILES string of the molecule is CN(Cc1ccccc1C#CCN)CC1CC(O)C1. The second-order valence-corrected chi connectivity index (χ2v) is 5.35. The van der Waals surface area contributed by atoms with E-state index in [1.807, 2.05) is 18.2 Å². The predicted octanol–water partition coefficient (Wildman–Crippen LogP) is 1.20. The van der Waals surface area contributed by atoms with E-state index in [4.69, 9.17) is 5.73 Å². The summed E-state index contributed by atoms with van der Waals surface area (Å²) in [6, 6.07) is 8.21. The van der Waals surface area contributed by atoms with Crippen LogP contribution in [0, 0.1) is 17.8 Å². The minimum absolute atomic E-state index is 0.0684. The summed E-state index contributed by atoms with van der Waals surface area (Å²) >= 11 is 0. The van der Waals surface area contributed by atoms with Crippen LogP contribution < -0.4 is 5.73 Å². The summed E-state index contributed by atoms with van der Waals surface area (Å²) in [5.74, 6) is 6.68. The van der Waals surface area contributed by atoms with Crippen molar-refractivity contribution >= 4 is 0 Å². The third-order valence-electron chi connectivity index (χ3n) is 3.56. The second kappa shape index (κ2) is 6.72. The number of hydrogen-bond acceptors (Lipinski definition) is 3. The van der Waals surface area contributed by atoms with Gasteiger partial charge in [0.1, 0.15) is 0 Å². The lowest BCUT2D eigenvalue weighted by Gasteiger charge is -2.34. The molecule has 1 aliphatic rings. The van der Waals surface area contributed by atoms with Gasteiger partial charge in [-0.2, -0.15) is 0 Å². The van der Waals surface area contributed by atoms with E-state index in [0.29, 0.717) is 12.5 Å².